The largest absolute Gasteiger partial charge is 0.497 e. The van der Waals surface area contributed by atoms with Gasteiger partial charge in [-0.05, 0) is 43.9 Å². The van der Waals surface area contributed by atoms with E-state index < -0.39 is 0 Å². The average Bonchev–Trinajstić information content (AvgIpc) is 3.24. The van der Waals surface area contributed by atoms with E-state index in [0.717, 1.165) is 82.3 Å². The van der Waals surface area contributed by atoms with Crippen LogP contribution in [0.15, 0.2) is 23.2 Å². The van der Waals surface area contributed by atoms with Gasteiger partial charge in [0.2, 0.25) is 0 Å². The number of nitrogens with one attached hydrogen (secondary N) is 2. The van der Waals surface area contributed by atoms with Gasteiger partial charge in [0, 0.05) is 51.3 Å². The molecule has 1 aromatic rings. The summed E-state index contributed by atoms with van der Waals surface area (Å²) in [6.07, 6.45) is 5.59. The predicted molar refractivity (Wildman–Crippen MR) is 127 cm³/mol. The average molecular weight is 449 g/mol. The number of likely N-dealkylation sites (tertiary alicyclic amines) is 1. The van der Waals surface area contributed by atoms with Gasteiger partial charge >= 0.3 is 5.97 Å². The third-order valence-electron chi connectivity index (χ3n) is 5.56. The Kier molecular flexibility index (Phi) is 11.7. The molecule has 1 fully saturated rings. The fourth-order valence-electron chi connectivity index (χ4n) is 3.85. The second-order valence-corrected chi connectivity index (χ2v) is 8.09. The molecule has 180 valence electrons. The number of rotatable bonds is 13. The summed E-state index contributed by atoms with van der Waals surface area (Å²) in [6, 6.07) is 6.41. The fourth-order valence-corrected chi connectivity index (χ4v) is 3.85. The Morgan fingerprint density at radius 2 is 1.81 bits per heavy atom. The van der Waals surface area contributed by atoms with Crippen LogP contribution in [0.3, 0.4) is 0 Å². The first-order valence-electron chi connectivity index (χ1n) is 11.6. The van der Waals surface area contributed by atoms with Gasteiger partial charge in [-0.15, -0.1) is 0 Å². The van der Waals surface area contributed by atoms with Crippen LogP contribution in [0.2, 0.25) is 0 Å². The smallest absolute Gasteiger partial charge is 0.305 e. The molecule has 0 spiro atoms. The zero-order chi connectivity index (χ0) is 23.2. The van der Waals surface area contributed by atoms with Crippen molar-refractivity contribution in [2.24, 2.45) is 4.99 Å². The normalized spacial score (nSPS) is 16.6. The summed E-state index contributed by atoms with van der Waals surface area (Å²) >= 11 is 0. The Morgan fingerprint density at radius 1 is 1.09 bits per heavy atom. The van der Waals surface area contributed by atoms with Crippen LogP contribution in [0.5, 0.6) is 11.5 Å². The van der Waals surface area contributed by atoms with Crippen LogP contribution >= 0.6 is 0 Å². The molecule has 2 N–H and O–H groups in total. The molecule has 1 saturated heterocycles. The lowest BCUT2D eigenvalue weighted by molar-refractivity contribution is -0.140. The summed E-state index contributed by atoms with van der Waals surface area (Å²) in [5.41, 5.74) is 1.19. The van der Waals surface area contributed by atoms with Crippen molar-refractivity contribution in [3.63, 3.8) is 0 Å². The van der Waals surface area contributed by atoms with Crippen LogP contribution in [-0.4, -0.2) is 70.4 Å². The van der Waals surface area contributed by atoms with E-state index in [9.17, 15) is 4.79 Å². The topological polar surface area (TPSA) is 84.4 Å². The minimum absolute atomic E-state index is 0.127. The van der Waals surface area contributed by atoms with Crippen LogP contribution in [-0.2, 0) is 16.1 Å². The first-order chi connectivity index (χ1) is 15.6. The molecule has 1 atom stereocenters. The predicted octanol–water partition coefficient (Wildman–Crippen LogP) is 2.96. The van der Waals surface area contributed by atoms with Gasteiger partial charge in [0.1, 0.15) is 11.5 Å². The molecule has 0 aliphatic carbocycles. The molecule has 1 heterocycles. The van der Waals surface area contributed by atoms with Gasteiger partial charge in [-0.2, -0.15) is 0 Å². The molecule has 1 aliphatic rings. The summed E-state index contributed by atoms with van der Waals surface area (Å²) in [5.74, 6) is 2.40. The Bertz CT molecular complexity index is 704. The lowest BCUT2D eigenvalue weighted by Gasteiger charge is -2.19. The van der Waals surface area contributed by atoms with E-state index in [2.05, 4.69) is 39.3 Å². The number of hydrogen-bond acceptors (Lipinski definition) is 6. The highest BCUT2D eigenvalue weighted by molar-refractivity contribution is 5.80. The van der Waals surface area contributed by atoms with Crippen molar-refractivity contribution in [1.82, 2.24) is 15.5 Å². The lowest BCUT2D eigenvalue weighted by Crippen LogP contribution is -2.44. The maximum absolute atomic E-state index is 11.1. The zero-order valence-electron chi connectivity index (χ0n) is 20.1. The molecule has 1 aliphatic heterocycles. The summed E-state index contributed by atoms with van der Waals surface area (Å²) in [6.45, 7) is 6.58. The van der Waals surface area contributed by atoms with Gasteiger partial charge in [-0.1, -0.05) is 12.8 Å². The molecule has 8 nitrogen and oxygen atoms in total. The third kappa shape index (κ3) is 9.34. The Labute approximate surface area is 192 Å². The summed E-state index contributed by atoms with van der Waals surface area (Å²) < 4.78 is 15.5. The summed E-state index contributed by atoms with van der Waals surface area (Å²) in [5, 5.41) is 6.94. The Hall–Kier alpha value is -2.48. The SMILES string of the molecule is CCNC(=NCCCCCCC(=O)OC)NC1CCN(Cc2cc(OC)cc(OC)c2)C1. The van der Waals surface area contributed by atoms with Gasteiger partial charge in [-0.3, -0.25) is 14.7 Å². The van der Waals surface area contributed by atoms with Gasteiger partial charge < -0.3 is 24.8 Å². The van der Waals surface area contributed by atoms with Crippen LogP contribution < -0.4 is 20.1 Å². The highest BCUT2D eigenvalue weighted by Crippen LogP contribution is 2.24. The molecule has 0 bridgehead atoms. The van der Waals surface area contributed by atoms with Crippen molar-refractivity contribution in [3.05, 3.63) is 23.8 Å². The lowest BCUT2D eigenvalue weighted by atomic mass is 10.1. The Morgan fingerprint density at radius 3 is 2.47 bits per heavy atom. The van der Waals surface area contributed by atoms with Crippen LogP contribution in [0.4, 0.5) is 0 Å². The molecule has 0 aromatic heterocycles. The number of carbonyl (C=O) groups excluding carboxylic acids is 1. The van der Waals surface area contributed by atoms with Crippen molar-refractivity contribution in [3.8, 4) is 11.5 Å². The molecule has 8 heteroatoms. The molecule has 2 rings (SSSR count). The van der Waals surface area contributed by atoms with E-state index in [1.807, 2.05) is 6.07 Å². The number of carbonyl (C=O) groups is 1. The number of hydrogen-bond donors (Lipinski definition) is 2. The molecule has 1 aromatic carbocycles. The van der Waals surface area contributed by atoms with E-state index in [4.69, 9.17) is 14.5 Å². The highest BCUT2D eigenvalue weighted by atomic mass is 16.5. The second-order valence-electron chi connectivity index (χ2n) is 8.09. The van der Waals surface area contributed by atoms with E-state index in [1.54, 1.807) is 14.2 Å². The number of ether oxygens (including phenoxy) is 3. The molecule has 0 radical (unpaired) electrons. The molecule has 0 amide bonds. The second kappa shape index (κ2) is 14.6. The molecular formula is C24H40N4O4. The number of nitrogens with zero attached hydrogens (tertiary/aromatic N) is 2. The van der Waals surface area contributed by atoms with Crippen LogP contribution in [0.1, 0.15) is 51.0 Å². The first kappa shape index (κ1) is 25.8. The van der Waals surface area contributed by atoms with Crippen molar-refractivity contribution in [1.29, 1.82) is 0 Å². The van der Waals surface area contributed by atoms with E-state index >= 15 is 0 Å². The summed E-state index contributed by atoms with van der Waals surface area (Å²) in [7, 11) is 4.79. The van der Waals surface area contributed by atoms with Gasteiger partial charge in [0.05, 0.1) is 21.3 Å². The minimum Gasteiger partial charge on any atom is -0.497 e. The number of methoxy groups -OCH3 is 3. The molecule has 0 saturated carbocycles. The van der Waals surface area contributed by atoms with E-state index in [0.29, 0.717) is 12.5 Å². The van der Waals surface area contributed by atoms with Crippen LogP contribution in [0.25, 0.3) is 0 Å². The first-order valence-corrected chi connectivity index (χ1v) is 11.6. The number of unbranched alkanes of at least 4 members (excludes halogenated alkanes) is 3. The highest BCUT2D eigenvalue weighted by Gasteiger charge is 2.23. The van der Waals surface area contributed by atoms with Crippen molar-refractivity contribution >= 4 is 11.9 Å². The summed E-state index contributed by atoms with van der Waals surface area (Å²) in [4.78, 5) is 18.3. The number of esters is 1. The monoisotopic (exact) mass is 448 g/mol. The maximum Gasteiger partial charge on any atom is 0.305 e. The van der Waals surface area contributed by atoms with Gasteiger partial charge in [0.25, 0.3) is 0 Å². The molecule has 1 unspecified atom stereocenters. The van der Waals surface area contributed by atoms with Gasteiger partial charge in [-0.25, -0.2) is 0 Å². The third-order valence-corrected chi connectivity index (χ3v) is 5.56. The Balaban J connectivity index is 1.75. The van der Waals surface area contributed by atoms with Gasteiger partial charge in [0.15, 0.2) is 5.96 Å². The molecule has 32 heavy (non-hydrogen) atoms. The number of guanidine groups is 1. The quantitative estimate of drug-likeness (QED) is 0.208. The number of aliphatic imine (C=N–C) groups is 1. The van der Waals surface area contributed by atoms with E-state index in [-0.39, 0.29) is 5.97 Å². The minimum atomic E-state index is -0.127. The maximum atomic E-state index is 11.1. The van der Waals surface area contributed by atoms with Crippen LogP contribution in [0, 0.1) is 0 Å². The fraction of sp³-hybridized carbons (Fsp3) is 0.667. The van der Waals surface area contributed by atoms with E-state index in [1.165, 1.54) is 12.7 Å². The van der Waals surface area contributed by atoms with Crippen molar-refractivity contribution in [2.75, 3.05) is 47.5 Å². The number of benzene rings is 1. The molecular weight excluding hydrogens is 408 g/mol. The standard InChI is InChI=1S/C24H40N4O4/c1-5-25-24(26-12-9-7-6-8-10-23(29)32-4)27-20-11-13-28(18-20)17-19-14-21(30-2)16-22(15-19)31-3/h14-16,20H,5-13,17-18H2,1-4H3,(H2,25,26,27). The van der Waals surface area contributed by atoms with Crippen molar-refractivity contribution in [2.45, 2.75) is 58.0 Å². The van der Waals surface area contributed by atoms with Crippen molar-refractivity contribution < 1.29 is 19.0 Å². The zero-order valence-corrected chi connectivity index (χ0v) is 20.1.